The second-order valence-corrected chi connectivity index (χ2v) is 7.34. The van der Waals surface area contributed by atoms with Crippen molar-refractivity contribution < 1.29 is 0 Å². The summed E-state index contributed by atoms with van der Waals surface area (Å²) in [7, 11) is 2.29. The van der Waals surface area contributed by atoms with Gasteiger partial charge in [-0.05, 0) is 76.2 Å². The van der Waals surface area contributed by atoms with Gasteiger partial charge in [-0.15, -0.1) is 0 Å². The van der Waals surface area contributed by atoms with Gasteiger partial charge in [0, 0.05) is 0 Å². The molecule has 1 fully saturated rings. The van der Waals surface area contributed by atoms with E-state index in [1.807, 2.05) is 0 Å². The van der Waals surface area contributed by atoms with Crippen molar-refractivity contribution in [1.82, 2.24) is 10.2 Å². The lowest BCUT2D eigenvalue weighted by Crippen LogP contribution is -2.31. The van der Waals surface area contributed by atoms with Crippen molar-refractivity contribution in [3.63, 3.8) is 0 Å². The van der Waals surface area contributed by atoms with Gasteiger partial charge in [0.05, 0.1) is 0 Å². The molecule has 1 unspecified atom stereocenters. The Labute approximate surface area is 115 Å². The van der Waals surface area contributed by atoms with Crippen LogP contribution in [-0.4, -0.2) is 38.1 Å². The summed E-state index contributed by atoms with van der Waals surface area (Å²) in [5.41, 5.74) is 0.454. The van der Waals surface area contributed by atoms with E-state index in [-0.39, 0.29) is 0 Å². The van der Waals surface area contributed by atoms with E-state index in [1.165, 1.54) is 51.9 Å². The number of hydrogen-bond acceptors (Lipinski definition) is 2. The molecule has 2 nitrogen and oxygen atoms in total. The van der Waals surface area contributed by atoms with E-state index in [0.29, 0.717) is 5.41 Å². The Morgan fingerprint density at radius 1 is 1.17 bits per heavy atom. The standard InChI is InChI=1S/C16H34N2/c1-14(16(2,3)4)8-12-18(5)13-9-15-6-10-17-11-7-15/h14-15,17H,6-13H2,1-5H3. The van der Waals surface area contributed by atoms with Crippen molar-refractivity contribution in [3.05, 3.63) is 0 Å². The highest BCUT2D eigenvalue weighted by Gasteiger charge is 2.20. The van der Waals surface area contributed by atoms with Gasteiger partial charge in [0.25, 0.3) is 0 Å². The molecule has 0 aromatic carbocycles. The quantitative estimate of drug-likeness (QED) is 0.782. The highest BCUT2D eigenvalue weighted by molar-refractivity contribution is 4.72. The fourth-order valence-electron chi connectivity index (χ4n) is 2.53. The van der Waals surface area contributed by atoms with Crippen molar-refractivity contribution in [2.45, 2.75) is 53.4 Å². The smallest absolute Gasteiger partial charge is 0.00190 e. The summed E-state index contributed by atoms with van der Waals surface area (Å²) in [5, 5.41) is 3.45. The van der Waals surface area contributed by atoms with Gasteiger partial charge < -0.3 is 10.2 Å². The van der Waals surface area contributed by atoms with Crippen molar-refractivity contribution >= 4 is 0 Å². The maximum atomic E-state index is 3.45. The summed E-state index contributed by atoms with van der Waals surface area (Å²) in [6.07, 6.45) is 5.48. The molecular weight excluding hydrogens is 220 g/mol. The van der Waals surface area contributed by atoms with Crippen molar-refractivity contribution in [2.75, 3.05) is 33.2 Å². The third kappa shape index (κ3) is 6.19. The highest BCUT2D eigenvalue weighted by Crippen LogP contribution is 2.28. The molecule has 1 heterocycles. The number of hydrogen-bond donors (Lipinski definition) is 1. The van der Waals surface area contributed by atoms with Crippen LogP contribution in [-0.2, 0) is 0 Å². The van der Waals surface area contributed by atoms with E-state index in [9.17, 15) is 0 Å². The Morgan fingerprint density at radius 2 is 1.78 bits per heavy atom. The molecule has 0 amide bonds. The first kappa shape index (κ1) is 16.0. The van der Waals surface area contributed by atoms with Crippen LogP contribution in [0.25, 0.3) is 0 Å². The zero-order chi connectivity index (χ0) is 13.6. The summed E-state index contributed by atoms with van der Waals surface area (Å²) < 4.78 is 0. The van der Waals surface area contributed by atoms with Gasteiger partial charge in [0.15, 0.2) is 0 Å². The van der Waals surface area contributed by atoms with Crippen LogP contribution in [0, 0.1) is 17.3 Å². The van der Waals surface area contributed by atoms with Gasteiger partial charge >= 0.3 is 0 Å². The third-order valence-corrected chi connectivity index (χ3v) is 4.80. The van der Waals surface area contributed by atoms with E-state index < -0.39 is 0 Å². The van der Waals surface area contributed by atoms with E-state index in [1.54, 1.807) is 0 Å². The summed E-state index contributed by atoms with van der Waals surface area (Å²) in [6.45, 7) is 14.4. The SMILES string of the molecule is CC(CCN(C)CCC1CCNCC1)C(C)(C)C. The Kier molecular flexibility index (Phi) is 6.65. The number of piperidine rings is 1. The minimum atomic E-state index is 0.454. The Morgan fingerprint density at radius 3 is 2.33 bits per heavy atom. The highest BCUT2D eigenvalue weighted by atomic mass is 15.1. The van der Waals surface area contributed by atoms with Crippen molar-refractivity contribution in [3.8, 4) is 0 Å². The summed E-state index contributed by atoms with van der Waals surface area (Å²) >= 11 is 0. The van der Waals surface area contributed by atoms with Crippen LogP contribution >= 0.6 is 0 Å². The lowest BCUT2D eigenvalue weighted by Gasteiger charge is -2.30. The molecule has 0 aliphatic carbocycles. The molecule has 0 radical (unpaired) electrons. The fraction of sp³-hybridized carbons (Fsp3) is 1.00. The molecule has 1 rings (SSSR count). The average Bonchev–Trinajstić information content (AvgIpc) is 2.33. The maximum Gasteiger partial charge on any atom is -0.00190 e. The van der Waals surface area contributed by atoms with Crippen molar-refractivity contribution in [2.24, 2.45) is 17.3 Å². The first-order valence-corrected chi connectivity index (χ1v) is 7.79. The molecular formula is C16H34N2. The topological polar surface area (TPSA) is 15.3 Å². The lowest BCUT2D eigenvalue weighted by atomic mass is 9.80. The van der Waals surface area contributed by atoms with Gasteiger partial charge in [-0.3, -0.25) is 0 Å². The van der Waals surface area contributed by atoms with Crippen molar-refractivity contribution in [1.29, 1.82) is 0 Å². The largest absolute Gasteiger partial charge is 0.317 e. The Bertz CT molecular complexity index is 214. The molecule has 108 valence electrons. The molecule has 0 aromatic heterocycles. The van der Waals surface area contributed by atoms with E-state index in [2.05, 4.69) is 45.0 Å². The number of nitrogens with zero attached hydrogens (tertiary/aromatic N) is 1. The summed E-state index contributed by atoms with van der Waals surface area (Å²) in [4.78, 5) is 2.53. The van der Waals surface area contributed by atoms with E-state index in [4.69, 9.17) is 0 Å². The maximum absolute atomic E-state index is 3.45. The molecule has 1 atom stereocenters. The molecule has 1 aliphatic rings. The molecule has 2 heteroatoms. The number of nitrogens with one attached hydrogen (secondary N) is 1. The normalized spacial score (nSPS) is 20.3. The molecule has 1 N–H and O–H groups in total. The van der Waals surface area contributed by atoms with Gasteiger partial charge in [0.1, 0.15) is 0 Å². The number of rotatable bonds is 6. The molecule has 1 saturated heterocycles. The summed E-state index contributed by atoms with van der Waals surface area (Å²) in [6, 6.07) is 0. The lowest BCUT2D eigenvalue weighted by molar-refractivity contribution is 0.203. The minimum Gasteiger partial charge on any atom is -0.317 e. The van der Waals surface area contributed by atoms with Gasteiger partial charge in [-0.2, -0.15) is 0 Å². The van der Waals surface area contributed by atoms with Crippen LogP contribution in [0.2, 0.25) is 0 Å². The van der Waals surface area contributed by atoms with E-state index in [0.717, 1.165) is 11.8 Å². The predicted molar refractivity (Wildman–Crippen MR) is 80.9 cm³/mol. The van der Waals surface area contributed by atoms with Crippen LogP contribution in [0.3, 0.4) is 0 Å². The van der Waals surface area contributed by atoms with E-state index >= 15 is 0 Å². The van der Waals surface area contributed by atoms with Gasteiger partial charge in [0.2, 0.25) is 0 Å². The van der Waals surface area contributed by atoms with Gasteiger partial charge in [-0.1, -0.05) is 27.7 Å². The van der Waals surface area contributed by atoms with Crippen LogP contribution in [0.15, 0.2) is 0 Å². The molecule has 0 aromatic rings. The van der Waals surface area contributed by atoms with Crippen LogP contribution < -0.4 is 5.32 Å². The zero-order valence-corrected chi connectivity index (χ0v) is 13.3. The van der Waals surface area contributed by atoms with Crippen LogP contribution in [0.4, 0.5) is 0 Å². The average molecular weight is 254 g/mol. The second kappa shape index (κ2) is 7.49. The Hall–Kier alpha value is -0.0800. The molecule has 18 heavy (non-hydrogen) atoms. The van der Waals surface area contributed by atoms with Gasteiger partial charge in [-0.25, -0.2) is 0 Å². The monoisotopic (exact) mass is 254 g/mol. The molecule has 0 saturated carbocycles. The predicted octanol–water partition coefficient (Wildman–Crippen LogP) is 3.38. The first-order chi connectivity index (χ1) is 8.39. The fourth-order valence-corrected chi connectivity index (χ4v) is 2.53. The third-order valence-electron chi connectivity index (χ3n) is 4.80. The zero-order valence-electron chi connectivity index (χ0n) is 13.3. The van der Waals surface area contributed by atoms with Crippen LogP contribution in [0.1, 0.15) is 53.4 Å². The molecule has 1 aliphatic heterocycles. The first-order valence-electron chi connectivity index (χ1n) is 7.79. The molecule has 0 spiro atoms. The Balaban J connectivity index is 2.11. The summed E-state index contributed by atoms with van der Waals surface area (Å²) in [5.74, 6) is 1.77. The minimum absolute atomic E-state index is 0.454. The molecule has 0 bridgehead atoms. The van der Waals surface area contributed by atoms with Crippen LogP contribution in [0.5, 0.6) is 0 Å². The second-order valence-electron chi connectivity index (χ2n) is 7.34.